The summed E-state index contributed by atoms with van der Waals surface area (Å²) in [5, 5.41) is 0. The molecule has 0 aliphatic rings. The fourth-order valence-electron chi connectivity index (χ4n) is 2.11. The minimum atomic E-state index is -0.739. The number of nitrogens with one attached hydrogen (secondary N) is 1. The van der Waals surface area contributed by atoms with E-state index in [-0.39, 0.29) is 5.88 Å². The van der Waals surface area contributed by atoms with Crippen LogP contribution in [0.1, 0.15) is 17.0 Å². The zero-order valence-electron chi connectivity index (χ0n) is 12.1. The van der Waals surface area contributed by atoms with Gasteiger partial charge in [0.25, 0.3) is 0 Å². The minimum absolute atomic E-state index is 0.216. The van der Waals surface area contributed by atoms with E-state index in [2.05, 4.69) is 4.98 Å². The molecule has 1 N–H and O–H groups in total. The van der Waals surface area contributed by atoms with Crippen molar-refractivity contribution in [3.63, 3.8) is 0 Å². The van der Waals surface area contributed by atoms with Crippen LogP contribution in [0.3, 0.4) is 0 Å². The molecule has 1 aromatic heterocycles. The lowest BCUT2D eigenvalue weighted by molar-refractivity contribution is 0.0672. The standard InChI is InChI=1S/C16H18ClNO3/c1-11-8-13(12(2)18-11)9-15(10-17)21-16(19)20-14-6-4-3-5-7-14/h3-8,15,18H,9-10H2,1-2H3/t15-/m0/s1. The summed E-state index contributed by atoms with van der Waals surface area (Å²) in [6.07, 6.45) is -0.600. The highest BCUT2D eigenvalue weighted by molar-refractivity contribution is 6.18. The first-order valence-corrected chi connectivity index (χ1v) is 7.26. The largest absolute Gasteiger partial charge is 0.514 e. The molecule has 1 atom stereocenters. The van der Waals surface area contributed by atoms with E-state index in [0.717, 1.165) is 17.0 Å². The Labute approximate surface area is 129 Å². The first-order chi connectivity index (χ1) is 10.1. The van der Waals surface area contributed by atoms with Gasteiger partial charge < -0.3 is 14.5 Å². The van der Waals surface area contributed by atoms with E-state index in [9.17, 15) is 4.79 Å². The number of hydrogen-bond acceptors (Lipinski definition) is 3. The highest BCUT2D eigenvalue weighted by Gasteiger charge is 2.17. The van der Waals surface area contributed by atoms with E-state index in [1.54, 1.807) is 24.3 Å². The molecule has 0 aliphatic carbocycles. The van der Waals surface area contributed by atoms with E-state index in [1.807, 2.05) is 26.0 Å². The van der Waals surface area contributed by atoms with Crippen molar-refractivity contribution < 1.29 is 14.3 Å². The van der Waals surface area contributed by atoms with Crippen molar-refractivity contribution in [2.24, 2.45) is 0 Å². The van der Waals surface area contributed by atoms with Crippen molar-refractivity contribution in [1.82, 2.24) is 4.98 Å². The number of halogens is 1. The molecule has 0 fully saturated rings. The Kier molecular flexibility index (Phi) is 5.28. The summed E-state index contributed by atoms with van der Waals surface area (Å²) in [6.45, 7) is 3.96. The first kappa shape index (κ1) is 15.4. The lowest BCUT2D eigenvalue weighted by atomic mass is 10.1. The first-order valence-electron chi connectivity index (χ1n) is 6.73. The van der Waals surface area contributed by atoms with Gasteiger partial charge in [-0.2, -0.15) is 0 Å². The second-order valence-electron chi connectivity index (χ2n) is 4.87. The van der Waals surface area contributed by atoms with Crippen LogP contribution in [0.15, 0.2) is 36.4 Å². The van der Waals surface area contributed by atoms with Crippen LogP contribution in [0.25, 0.3) is 0 Å². The van der Waals surface area contributed by atoms with Crippen LogP contribution < -0.4 is 4.74 Å². The molecule has 4 nitrogen and oxygen atoms in total. The number of aromatic nitrogens is 1. The number of aromatic amines is 1. The zero-order chi connectivity index (χ0) is 15.2. The van der Waals surface area contributed by atoms with Gasteiger partial charge in [-0.1, -0.05) is 18.2 Å². The summed E-state index contributed by atoms with van der Waals surface area (Å²) >= 11 is 5.88. The topological polar surface area (TPSA) is 51.3 Å². The maximum Gasteiger partial charge on any atom is 0.514 e. The summed E-state index contributed by atoms with van der Waals surface area (Å²) in [5.41, 5.74) is 3.22. The fraction of sp³-hybridized carbons (Fsp3) is 0.312. The fourth-order valence-corrected chi connectivity index (χ4v) is 2.28. The summed E-state index contributed by atoms with van der Waals surface area (Å²) in [6, 6.07) is 10.8. The lowest BCUT2D eigenvalue weighted by Gasteiger charge is -2.14. The van der Waals surface area contributed by atoms with Gasteiger partial charge in [0.1, 0.15) is 11.9 Å². The smallest absolute Gasteiger partial charge is 0.429 e. The molecule has 1 aromatic carbocycles. The molecular weight excluding hydrogens is 290 g/mol. The van der Waals surface area contributed by atoms with Crippen molar-refractivity contribution in [1.29, 1.82) is 0 Å². The maximum atomic E-state index is 11.8. The Balaban J connectivity index is 1.93. The van der Waals surface area contributed by atoms with Crippen LogP contribution in [0.5, 0.6) is 5.75 Å². The Morgan fingerprint density at radius 2 is 2.00 bits per heavy atom. The van der Waals surface area contributed by atoms with E-state index >= 15 is 0 Å². The van der Waals surface area contributed by atoms with E-state index < -0.39 is 12.3 Å². The van der Waals surface area contributed by atoms with Gasteiger partial charge in [0.15, 0.2) is 0 Å². The van der Waals surface area contributed by atoms with Crippen molar-refractivity contribution in [3.8, 4) is 5.75 Å². The van der Waals surface area contributed by atoms with Crippen molar-refractivity contribution in [3.05, 3.63) is 53.3 Å². The molecule has 2 rings (SSSR count). The average Bonchev–Trinajstić information content (AvgIpc) is 2.77. The quantitative estimate of drug-likeness (QED) is 0.516. The number of carbonyl (C=O) groups excluding carboxylic acids is 1. The highest BCUT2D eigenvalue weighted by Crippen LogP contribution is 2.15. The Bertz CT molecular complexity index is 595. The number of benzene rings is 1. The predicted octanol–water partition coefficient (Wildman–Crippen LogP) is 4.00. The number of hydrogen-bond donors (Lipinski definition) is 1. The summed E-state index contributed by atoms with van der Waals surface area (Å²) < 4.78 is 10.4. The second-order valence-corrected chi connectivity index (χ2v) is 5.17. The van der Waals surface area contributed by atoms with Crippen LogP contribution in [-0.4, -0.2) is 23.1 Å². The van der Waals surface area contributed by atoms with Crippen LogP contribution in [0.2, 0.25) is 0 Å². The molecule has 0 bridgehead atoms. The summed E-state index contributed by atoms with van der Waals surface area (Å²) in [4.78, 5) is 15.0. The minimum Gasteiger partial charge on any atom is -0.429 e. The molecule has 0 aliphatic heterocycles. The molecule has 0 amide bonds. The van der Waals surface area contributed by atoms with Crippen molar-refractivity contribution in [2.45, 2.75) is 26.4 Å². The molecule has 112 valence electrons. The van der Waals surface area contributed by atoms with E-state index in [4.69, 9.17) is 21.1 Å². The highest BCUT2D eigenvalue weighted by atomic mass is 35.5. The summed E-state index contributed by atoms with van der Waals surface area (Å²) in [5.74, 6) is 0.664. The number of rotatable bonds is 5. The SMILES string of the molecule is Cc1cc(C[C@@H](CCl)OC(=O)Oc2ccccc2)c(C)[nH]1. The third-order valence-corrected chi connectivity index (χ3v) is 3.43. The number of para-hydroxylation sites is 1. The van der Waals surface area contributed by atoms with Gasteiger partial charge in [0, 0.05) is 17.8 Å². The monoisotopic (exact) mass is 307 g/mol. The maximum absolute atomic E-state index is 11.8. The zero-order valence-corrected chi connectivity index (χ0v) is 12.8. The van der Waals surface area contributed by atoms with Gasteiger partial charge >= 0.3 is 6.16 Å². The normalized spacial score (nSPS) is 12.0. The number of aryl methyl sites for hydroxylation is 2. The predicted molar refractivity (Wildman–Crippen MR) is 82.0 cm³/mol. The van der Waals surface area contributed by atoms with Crippen molar-refractivity contribution >= 4 is 17.8 Å². The Morgan fingerprint density at radius 1 is 1.29 bits per heavy atom. The third-order valence-electron chi connectivity index (χ3n) is 3.08. The van der Waals surface area contributed by atoms with Gasteiger partial charge in [-0.15, -0.1) is 11.6 Å². The molecule has 0 radical (unpaired) electrons. The molecule has 5 heteroatoms. The molecule has 0 saturated carbocycles. The third kappa shape index (κ3) is 4.53. The van der Waals surface area contributed by atoms with Gasteiger partial charge in [0.05, 0.1) is 5.88 Å². The van der Waals surface area contributed by atoms with E-state index in [1.165, 1.54) is 0 Å². The van der Waals surface area contributed by atoms with Crippen LogP contribution in [0, 0.1) is 13.8 Å². The van der Waals surface area contributed by atoms with Gasteiger partial charge in [-0.3, -0.25) is 0 Å². The molecular formula is C16H18ClNO3. The van der Waals surface area contributed by atoms with Crippen LogP contribution in [-0.2, 0) is 11.2 Å². The molecule has 2 aromatic rings. The van der Waals surface area contributed by atoms with Gasteiger partial charge in [-0.25, -0.2) is 4.79 Å². The van der Waals surface area contributed by atoms with Crippen LogP contribution >= 0.6 is 11.6 Å². The van der Waals surface area contributed by atoms with Crippen molar-refractivity contribution in [2.75, 3.05) is 5.88 Å². The number of H-pyrrole nitrogens is 1. The Morgan fingerprint density at radius 3 is 2.57 bits per heavy atom. The lowest BCUT2D eigenvalue weighted by Crippen LogP contribution is -2.24. The van der Waals surface area contributed by atoms with Gasteiger partial charge in [-0.05, 0) is 37.6 Å². The molecule has 0 unspecified atom stereocenters. The average molecular weight is 308 g/mol. The Hall–Kier alpha value is -1.94. The van der Waals surface area contributed by atoms with E-state index in [0.29, 0.717) is 12.2 Å². The summed E-state index contributed by atoms with van der Waals surface area (Å²) in [7, 11) is 0. The second kappa shape index (κ2) is 7.18. The number of ether oxygens (including phenoxy) is 2. The van der Waals surface area contributed by atoms with Crippen LogP contribution in [0.4, 0.5) is 4.79 Å². The molecule has 0 spiro atoms. The molecule has 1 heterocycles. The number of alkyl halides is 1. The molecule has 0 saturated heterocycles. The van der Waals surface area contributed by atoms with Gasteiger partial charge in [0.2, 0.25) is 0 Å². The number of carbonyl (C=O) groups is 1. The molecule has 21 heavy (non-hydrogen) atoms.